The summed E-state index contributed by atoms with van der Waals surface area (Å²) >= 11 is 1.29. The van der Waals surface area contributed by atoms with Gasteiger partial charge in [-0.05, 0) is 23.8 Å². The number of carbonyl (C=O) groups is 2. The molecule has 24 heavy (non-hydrogen) atoms. The van der Waals surface area contributed by atoms with Crippen LogP contribution < -0.4 is 10.6 Å². The lowest BCUT2D eigenvalue weighted by Crippen LogP contribution is -2.30. The molecule has 7 heteroatoms. The molecule has 0 unspecified atom stereocenters. The summed E-state index contributed by atoms with van der Waals surface area (Å²) < 4.78 is 5.05. The van der Waals surface area contributed by atoms with E-state index in [-0.39, 0.29) is 11.5 Å². The zero-order chi connectivity index (χ0) is 16.8. The van der Waals surface area contributed by atoms with E-state index in [0.717, 1.165) is 5.56 Å². The van der Waals surface area contributed by atoms with E-state index in [2.05, 4.69) is 15.6 Å². The molecule has 0 bridgehead atoms. The molecule has 6 nitrogen and oxygen atoms in total. The second-order valence-electron chi connectivity index (χ2n) is 4.69. The highest BCUT2D eigenvalue weighted by Gasteiger charge is 2.17. The van der Waals surface area contributed by atoms with E-state index < -0.39 is 11.8 Å². The maximum atomic E-state index is 12.5. The molecule has 0 saturated heterocycles. The van der Waals surface area contributed by atoms with Gasteiger partial charge in [-0.3, -0.25) is 14.9 Å². The van der Waals surface area contributed by atoms with Crippen LogP contribution in [0, 0.1) is 0 Å². The van der Waals surface area contributed by atoms with Crippen molar-refractivity contribution in [1.29, 1.82) is 0 Å². The summed E-state index contributed by atoms with van der Waals surface area (Å²) in [4.78, 5) is 28.6. The van der Waals surface area contributed by atoms with Crippen molar-refractivity contribution in [1.82, 2.24) is 10.3 Å². The molecule has 0 saturated carbocycles. The van der Waals surface area contributed by atoms with Gasteiger partial charge in [0.15, 0.2) is 10.9 Å². The van der Waals surface area contributed by atoms with Crippen molar-refractivity contribution < 1.29 is 14.0 Å². The zero-order valence-electron chi connectivity index (χ0n) is 12.4. The summed E-state index contributed by atoms with van der Waals surface area (Å²) in [5, 5.41) is 7.42. The van der Waals surface area contributed by atoms with Crippen LogP contribution in [0.15, 0.2) is 70.4 Å². The molecule has 120 valence electrons. The van der Waals surface area contributed by atoms with Crippen LogP contribution in [0.2, 0.25) is 0 Å². The van der Waals surface area contributed by atoms with Crippen LogP contribution in [0.3, 0.4) is 0 Å². The fourth-order valence-electron chi connectivity index (χ4n) is 1.92. The lowest BCUT2D eigenvalue weighted by molar-refractivity contribution is -0.113. The topological polar surface area (TPSA) is 84.2 Å². The number of hydrogen-bond acceptors (Lipinski definition) is 5. The SMILES string of the molecule is O=C(Nc1nccs1)/C(=C/c1ccccc1)NC(=O)c1ccco1. The average molecular weight is 339 g/mol. The Hall–Kier alpha value is -3.19. The Kier molecular flexibility index (Phi) is 4.83. The van der Waals surface area contributed by atoms with E-state index in [1.165, 1.54) is 23.7 Å². The second-order valence-corrected chi connectivity index (χ2v) is 5.59. The first-order valence-corrected chi connectivity index (χ1v) is 7.93. The molecule has 2 N–H and O–H groups in total. The Balaban J connectivity index is 1.84. The molecule has 2 amide bonds. The van der Waals surface area contributed by atoms with E-state index in [1.54, 1.807) is 23.7 Å². The predicted molar refractivity (Wildman–Crippen MR) is 91.3 cm³/mol. The van der Waals surface area contributed by atoms with Crippen LogP contribution in [0.1, 0.15) is 16.1 Å². The van der Waals surface area contributed by atoms with Gasteiger partial charge >= 0.3 is 0 Å². The molecule has 0 spiro atoms. The molecule has 1 aromatic carbocycles. The van der Waals surface area contributed by atoms with Gasteiger partial charge in [-0.2, -0.15) is 0 Å². The first-order valence-electron chi connectivity index (χ1n) is 7.05. The van der Waals surface area contributed by atoms with E-state index >= 15 is 0 Å². The number of benzene rings is 1. The van der Waals surface area contributed by atoms with Crippen molar-refractivity contribution in [3.05, 3.63) is 77.3 Å². The minimum absolute atomic E-state index is 0.0952. The minimum Gasteiger partial charge on any atom is -0.459 e. The number of anilines is 1. The molecule has 0 aliphatic heterocycles. The standard InChI is InChI=1S/C17H13N3O3S/c21-15(20-17-18-8-10-24-17)13(11-12-5-2-1-3-6-12)19-16(22)14-7-4-9-23-14/h1-11H,(H,19,22)(H,18,20,21)/b13-11-. The van der Waals surface area contributed by atoms with Gasteiger partial charge in [-0.1, -0.05) is 30.3 Å². The maximum absolute atomic E-state index is 12.5. The number of amides is 2. The van der Waals surface area contributed by atoms with Gasteiger partial charge in [-0.15, -0.1) is 11.3 Å². The van der Waals surface area contributed by atoms with Crippen molar-refractivity contribution in [3.63, 3.8) is 0 Å². The molecule has 2 aromatic heterocycles. The monoisotopic (exact) mass is 339 g/mol. The van der Waals surface area contributed by atoms with Gasteiger partial charge < -0.3 is 9.73 Å². The second kappa shape index (κ2) is 7.38. The number of nitrogens with one attached hydrogen (secondary N) is 2. The van der Waals surface area contributed by atoms with Crippen molar-refractivity contribution >= 4 is 34.4 Å². The Morgan fingerprint density at radius 3 is 2.62 bits per heavy atom. The fraction of sp³-hybridized carbons (Fsp3) is 0. The molecule has 3 rings (SSSR count). The Labute approximate surface area is 141 Å². The number of rotatable bonds is 5. The summed E-state index contributed by atoms with van der Waals surface area (Å²) in [5.41, 5.74) is 0.874. The van der Waals surface area contributed by atoms with Crippen molar-refractivity contribution in [3.8, 4) is 0 Å². The highest BCUT2D eigenvalue weighted by Crippen LogP contribution is 2.13. The third-order valence-electron chi connectivity index (χ3n) is 3.00. The third-order valence-corrected chi connectivity index (χ3v) is 3.69. The summed E-state index contributed by atoms with van der Waals surface area (Å²) in [6.07, 6.45) is 4.57. The van der Waals surface area contributed by atoms with Crippen molar-refractivity contribution in [2.45, 2.75) is 0 Å². The lowest BCUT2D eigenvalue weighted by Gasteiger charge is -2.08. The Morgan fingerprint density at radius 2 is 1.96 bits per heavy atom. The van der Waals surface area contributed by atoms with Gasteiger partial charge in [0.1, 0.15) is 5.70 Å². The van der Waals surface area contributed by atoms with E-state index in [0.29, 0.717) is 5.13 Å². The van der Waals surface area contributed by atoms with Crippen molar-refractivity contribution in [2.75, 3.05) is 5.32 Å². The molecule has 0 aliphatic carbocycles. The van der Waals surface area contributed by atoms with Crippen LogP contribution in [0.5, 0.6) is 0 Å². The minimum atomic E-state index is -0.503. The number of aromatic nitrogens is 1. The Bertz CT molecular complexity index is 841. The highest BCUT2D eigenvalue weighted by atomic mass is 32.1. The molecule has 3 aromatic rings. The van der Waals surface area contributed by atoms with Gasteiger partial charge in [0.05, 0.1) is 6.26 Å². The molecule has 0 atom stereocenters. The van der Waals surface area contributed by atoms with E-state index in [9.17, 15) is 9.59 Å². The molecule has 0 fully saturated rings. The Morgan fingerprint density at radius 1 is 1.12 bits per heavy atom. The number of nitrogens with zero attached hydrogens (tertiary/aromatic N) is 1. The van der Waals surface area contributed by atoms with Crippen molar-refractivity contribution in [2.24, 2.45) is 0 Å². The van der Waals surface area contributed by atoms with Crippen LogP contribution in [-0.2, 0) is 4.79 Å². The van der Waals surface area contributed by atoms with Crippen LogP contribution >= 0.6 is 11.3 Å². The first-order chi connectivity index (χ1) is 11.7. The fourth-order valence-corrected chi connectivity index (χ4v) is 2.44. The molecule has 0 radical (unpaired) electrons. The highest BCUT2D eigenvalue weighted by molar-refractivity contribution is 7.13. The summed E-state index contributed by atoms with van der Waals surface area (Å²) in [7, 11) is 0. The molecular formula is C17H13N3O3S. The van der Waals surface area contributed by atoms with E-state index in [1.807, 2.05) is 30.3 Å². The quantitative estimate of drug-likeness (QED) is 0.699. The summed E-state index contributed by atoms with van der Waals surface area (Å²) in [5.74, 6) is -0.846. The number of hydrogen-bond donors (Lipinski definition) is 2. The molecular weight excluding hydrogens is 326 g/mol. The summed E-state index contributed by atoms with van der Waals surface area (Å²) in [6.45, 7) is 0. The average Bonchev–Trinajstić information content (AvgIpc) is 3.29. The zero-order valence-corrected chi connectivity index (χ0v) is 13.2. The number of thiazole rings is 1. The maximum Gasteiger partial charge on any atom is 0.291 e. The lowest BCUT2D eigenvalue weighted by atomic mass is 10.2. The van der Waals surface area contributed by atoms with Gasteiger partial charge in [0.2, 0.25) is 0 Å². The van der Waals surface area contributed by atoms with Crippen LogP contribution in [0.25, 0.3) is 6.08 Å². The van der Waals surface area contributed by atoms with Crippen LogP contribution in [-0.4, -0.2) is 16.8 Å². The van der Waals surface area contributed by atoms with Crippen LogP contribution in [0.4, 0.5) is 5.13 Å². The smallest absolute Gasteiger partial charge is 0.291 e. The predicted octanol–water partition coefficient (Wildman–Crippen LogP) is 3.15. The van der Waals surface area contributed by atoms with Gasteiger partial charge in [-0.25, -0.2) is 4.98 Å². The van der Waals surface area contributed by atoms with Gasteiger partial charge in [0.25, 0.3) is 11.8 Å². The normalized spacial score (nSPS) is 11.1. The third kappa shape index (κ3) is 3.96. The number of furan rings is 1. The number of carbonyl (C=O) groups excluding carboxylic acids is 2. The van der Waals surface area contributed by atoms with Gasteiger partial charge in [0, 0.05) is 11.6 Å². The van der Waals surface area contributed by atoms with E-state index in [4.69, 9.17) is 4.42 Å². The largest absolute Gasteiger partial charge is 0.459 e. The first kappa shape index (κ1) is 15.7. The molecule has 0 aliphatic rings. The summed E-state index contributed by atoms with van der Waals surface area (Å²) in [6, 6.07) is 12.3. The molecule has 2 heterocycles.